The Kier molecular flexibility index (Phi) is 4.99. The first-order valence-electron chi connectivity index (χ1n) is 9.37. The fourth-order valence-corrected chi connectivity index (χ4v) is 3.27. The molecule has 0 spiro atoms. The molecule has 0 bridgehead atoms. The second-order valence-electron chi connectivity index (χ2n) is 7.02. The van der Waals surface area contributed by atoms with E-state index >= 15 is 0 Å². The molecule has 0 aliphatic heterocycles. The molecule has 29 heavy (non-hydrogen) atoms. The Labute approximate surface area is 167 Å². The number of amides is 1. The van der Waals surface area contributed by atoms with E-state index in [0.29, 0.717) is 16.7 Å². The van der Waals surface area contributed by atoms with E-state index in [1.54, 1.807) is 25.2 Å². The zero-order valence-corrected chi connectivity index (χ0v) is 16.3. The molecule has 0 unspecified atom stereocenters. The number of carbonyl (C=O) groups excluding carboxylic acids is 1. The van der Waals surface area contributed by atoms with Crippen molar-refractivity contribution in [2.24, 2.45) is 7.05 Å². The van der Waals surface area contributed by atoms with Crippen molar-refractivity contribution in [1.29, 1.82) is 0 Å². The van der Waals surface area contributed by atoms with Gasteiger partial charge in [-0.2, -0.15) is 0 Å². The van der Waals surface area contributed by atoms with Crippen LogP contribution in [0.15, 0.2) is 71.8 Å². The lowest BCUT2D eigenvalue weighted by Crippen LogP contribution is -2.31. The molecular formula is C23H21N3O3. The predicted molar refractivity (Wildman–Crippen MR) is 113 cm³/mol. The van der Waals surface area contributed by atoms with Crippen LogP contribution in [0.1, 0.15) is 18.5 Å². The summed E-state index contributed by atoms with van der Waals surface area (Å²) in [5.41, 5.74) is 1.46. The number of nitrogens with one attached hydrogen (secondary N) is 1. The molecule has 1 amide bonds. The molecule has 0 saturated heterocycles. The lowest BCUT2D eigenvalue weighted by Gasteiger charge is -2.15. The van der Waals surface area contributed by atoms with E-state index in [4.69, 9.17) is 4.74 Å². The Hall–Kier alpha value is -3.67. The van der Waals surface area contributed by atoms with Gasteiger partial charge in [0.15, 0.2) is 6.61 Å². The minimum atomic E-state index is -0.232. The van der Waals surface area contributed by atoms with E-state index in [-0.39, 0.29) is 24.1 Å². The summed E-state index contributed by atoms with van der Waals surface area (Å²) in [6.45, 7) is 1.80. The van der Waals surface area contributed by atoms with E-state index < -0.39 is 0 Å². The summed E-state index contributed by atoms with van der Waals surface area (Å²) in [6.07, 6.45) is 1.48. The smallest absolute Gasteiger partial charge is 0.261 e. The Bertz CT molecular complexity index is 1260. The van der Waals surface area contributed by atoms with Crippen LogP contribution in [0.4, 0.5) is 0 Å². The number of fused-ring (bicyclic) bond motifs is 2. The van der Waals surface area contributed by atoms with Gasteiger partial charge in [-0.1, -0.05) is 36.4 Å². The maximum Gasteiger partial charge on any atom is 0.261 e. The number of nitrogens with zero attached hydrogens (tertiary/aromatic N) is 2. The van der Waals surface area contributed by atoms with Gasteiger partial charge in [0, 0.05) is 7.05 Å². The van der Waals surface area contributed by atoms with E-state index in [0.717, 1.165) is 16.3 Å². The van der Waals surface area contributed by atoms with E-state index in [1.807, 2.05) is 31.2 Å². The molecular weight excluding hydrogens is 366 g/mol. The summed E-state index contributed by atoms with van der Waals surface area (Å²) in [7, 11) is 1.64. The highest BCUT2D eigenvalue weighted by atomic mass is 16.5. The average Bonchev–Trinajstić information content (AvgIpc) is 2.74. The van der Waals surface area contributed by atoms with Crippen molar-refractivity contribution in [3.05, 3.63) is 82.9 Å². The second kappa shape index (κ2) is 7.75. The van der Waals surface area contributed by atoms with Gasteiger partial charge in [-0.25, -0.2) is 4.98 Å². The van der Waals surface area contributed by atoms with Crippen LogP contribution in [0.25, 0.3) is 21.7 Å². The highest BCUT2D eigenvalue weighted by Gasteiger charge is 2.11. The van der Waals surface area contributed by atoms with Crippen LogP contribution in [0.2, 0.25) is 0 Å². The van der Waals surface area contributed by atoms with Crippen LogP contribution in [-0.4, -0.2) is 22.1 Å². The number of rotatable bonds is 5. The molecule has 0 aliphatic carbocycles. The maximum atomic E-state index is 12.3. The zero-order valence-electron chi connectivity index (χ0n) is 16.3. The Balaban J connectivity index is 1.42. The highest BCUT2D eigenvalue weighted by molar-refractivity contribution is 5.84. The van der Waals surface area contributed by atoms with Gasteiger partial charge < -0.3 is 14.6 Å². The number of benzene rings is 3. The third-order valence-corrected chi connectivity index (χ3v) is 4.91. The minimum absolute atomic E-state index is 0.135. The van der Waals surface area contributed by atoms with Crippen LogP contribution in [-0.2, 0) is 11.8 Å². The molecule has 1 aromatic heterocycles. The van der Waals surface area contributed by atoms with Crippen molar-refractivity contribution in [1.82, 2.24) is 14.9 Å². The van der Waals surface area contributed by atoms with Crippen LogP contribution < -0.4 is 15.6 Å². The number of ether oxygens (including phenoxy) is 1. The Morgan fingerprint density at radius 3 is 2.72 bits per heavy atom. The van der Waals surface area contributed by atoms with Gasteiger partial charge >= 0.3 is 0 Å². The summed E-state index contributed by atoms with van der Waals surface area (Å²) in [5.74, 6) is 0.223. The number of hydrogen-bond acceptors (Lipinski definition) is 4. The van der Waals surface area contributed by atoms with Crippen molar-refractivity contribution in [2.45, 2.75) is 13.0 Å². The first-order chi connectivity index (χ1) is 14.0. The lowest BCUT2D eigenvalue weighted by molar-refractivity contribution is -0.123. The maximum absolute atomic E-state index is 12.3. The van der Waals surface area contributed by atoms with Crippen LogP contribution in [0.5, 0.6) is 5.75 Å². The molecule has 0 aliphatic rings. The Morgan fingerprint density at radius 1 is 1.10 bits per heavy atom. The first-order valence-corrected chi connectivity index (χ1v) is 9.37. The normalized spacial score (nSPS) is 12.1. The zero-order chi connectivity index (χ0) is 20.4. The van der Waals surface area contributed by atoms with Gasteiger partial charge in [0.25, 0.3) is 11.5 Å². The van der Waals surface area contributed by atoms with Crippen LogP contribution >= 0.6 is 0 Å². The van der Waals surface area contributed by atoms with E-state index in [9.17, 15) is 9.59 Å². The molecule has 6 nitrogen and oxygen atoms in total. The molecule has 6 heteroatoms. The van der Waals surface area contributed by atoms with Gasteiger partial charge in [0.2, 0.25) is 0 Å². The number of aryl methyl sites for hydroxylation is 1. The van der Waals surface area contributed by atoms with Gasteiger partial charge in [-0.15, -0.1) is 0 Å². The fraction of sp³-hybridized carbons (Fsp3) is 0.174. The number of aromatic nitrogens is 2. The fourth-order valence-electron chi connectivity index (χ4n) is 3.27. The summed E-state index contributed by atoms with van der Waals surface area (Å²) in [5, 5.41) is 5.70. The summed E-state index contributed by atoms with van der Waals surface area (Å²) >= 11 is 0. The van der Waals surface area contributed by atoms with Crippen molar-refractivity contribution >= 4 is 27.6 Å². The quantitative estimate of drug-likeness (QED) is 0.570. The highest BCUT2D eigenvalue weighted by Crippen LogP contribution is 2.20. The average molecular weight is 387 g/mol. The largest absolute Gasteiger partial charge is 0.484 e. The van der Waals surface area contributed by atoms with Crippen molar-refractivity contribution in [3.8, 4) is 5.75 Å². The molecule has 0 saturated carbocycles. The first kappa shape index (κ1) is 18.7. The lowest BCUT2D eigenvalue weighted by atomic mass is 10.0. The van der Waals surface area contributed by atoms with Crippen LogP contribution in [0.3, 0.4) is 0 Å². The van der Waals surface area contributed by atoms with Crippen molar-refractivity contribution in [2.75, 3.05) is 6.61 Å². The molecule has 1 heterocycles. The SMILES string of the molecule is C[C@H](NC(=O)COc1ccc2ncn(C)c(=O)c2c1)c1ccc2ccccc2c1. The third-order valence-electron chi connectivity index (χ3n) is 4.91. The third kappa shape index (κ3) is 3.96. The van der Waals surface area contributed by atoms with Gasteiger partial charge in [-0.3, -0.25) is 9.59 Å². The molecule has 146 valence electrons. The van der Waals surface area contributed by atoms with Gasteiger partial charge in [0.1, 0.15) is 5.75 Å². The predicted octanol–water partition coefficient (Wildman–Crippen LogP) is 3.34. The standard InChI is InChI=1S/C23H21N3O3/c1-15(17-8-7-16-5-3-4-6-18(16)11-17)25-22(27)13-29-19-9-10-21-20(12-19)23(28)26(2)14-24-21/h3-12,14-15H,13H2,1-2H3,(H,25,27)/t15-/m0/s1. The monoisotopic (exact) mass is 387 g/mol. The Morgan fingerprint density at radius 2 is 1.90 bits per heavy atom. The van der Waals surface area contributed by atoms with Crippen molar-refractivity contribution < 1.29 is 9.53 Å². The summed E-state index contributed by atoms with van der Waals surface area (Å²) in [6, 6.07) is 19.1. The van der Waals surface area contributed by atoms with E-state index in [2.05, 4.69) is 28.5 Å². The topological polar surface area (TPSA) is 73.2 Å². The molecule has 4 rings (SSSR count). The van der Waals surface area contributed by atoms with Gasteiger partial charge in [0.05, 0.1) is 23.3 Å². The number of hydrogen-bond donors (Lipinski definition) is 1. The molecule has 1 atom stereocenters. The number of carbonyl (C=O) groups is 1. The van der Waals surface area contributed by atoms with Crippen LogP contribution in [0, 0.1) is 0 Å². The minimum Gasteiger partial charge on any atom is -0.484 e. The summed E-state index contributed by atoms with van der Waals surface area (Å²) < 4.78 is 7.00. The second-order valence-corrected chi connectivity index (χ2v) is 7.02. The van der Waals surface area contributed by atoms with Gasteiger partial charge in [-0.05, 0) is 47.5 Å². The molecule has 3 aromatic carbocycles. The summed E-state index contributed by atoms with van der Waals surface area (Å²) in [4.78, 5) is 28.7. The molecule has 4 aromatic rings. The van der Waals surface area contributed by atoms with E-state index in [1.165, 1.54) is 10.9 Å². The van der Waals surface area contributed by atoms with Crippen molar-refractivity contribution in [3.63, 3.8) is 0 Å². The molecule has 0 fully saturated rings. The molecule has 0 radical (unpaired) electrons. The molecule has 1 N–H and O–H groups in total.